The second-order valence-corrected chi connectivity index (χ2v) is 25.6. The van der Waals surface area contributed by atoms with E-state index >= 15 is 0 Å². The van der Waals surface area contributed by atoms with Crippen LogP contribution in [0.4, 0.5) is 0 Å². The fourth-order valence-corrected chi connectivity index (χ4v) is 13.6. The summed E-state index contributed by atoms with van der Waals surface area (Å²) in [4.78, 5) is 20.8. The monoisotopic (exact) mass is 1380 g/mol. The maximum absolute atomic E-state index is 5.28. The molecule has 98 heavy (non-hydrogen) atoms. The van der Waals surface area contributed by atoms with E-state index in [-0.39, 0.29) is 0 Å². The molecule has 0 spiro atoms. The van der Waals surface area contributed by atoms with Gasteiger partial charge in [0.05, 0.1) is 45.6 Å². The van der Waals surface area contributed by atoms with Crippen molar-refractivity contribution in [2.24, 2.45) is 0 Å². The summed E-state index contributed by atoms with van der Waals surface area (Å²) in [5.41, 5.74) is 29.7. The van der Waals surface area contributed by atoms with E-state index in [0.717, 1.165) is 155 Å². The molecule has 4 nitrogen and oxygen atoms in total. The lowest BCUT2D eigenvalue weighted by Gasteiger charge is -2.15. The second-order valence-electron chi connectivity index (χ2n) is 23.9. The highest BCUT2D eigenvalue weighted by atomic mass is 79.9. The van der Waals surface area contributed by atoms with Gasteiger partial charge < -0.3 is 0 Å². The van der Waals surface area contributed by atoms with Crippen molar-refractivity contribution >= 4 is 31.9 Å². The van der Waals surface area contributed by atoms with Crippen LogP contribution in [0, 0.1) is 0 Å². The number of rotatable bonds is 14. The van der Waals surface area contributed by atoms with E-state index in [1.165, 1.54) is 11.1 Å². The first-order valence-corrected chi connectivity index (χ1v) is 34.3. The molecule has 0 aliphatic rings. The van der Waals surface area contributed by atoms with Gasteiger partial charge in [0.1, 0.15) is 0 Å². The molecule has 0 amide bonds. The summed E-state index contributed by atoms with van der Waals surface area (Å²) in [5.74, 6) is 0. The van der Waals surface area contributed by atoms with Gasteiger partial charge in [-0.05, 0) is 140 Å². The Labute approximate surface area is 589 Å². The quantitative estimate of drug-likeness (QED) is 0.109. The van der Waals surface area contributed by atoms with Gasteiger partial charge in [-0.25, -0.2) is 19.9 Å². The molecule has 4 aromatic heterocycles. The smallest absolute Gasteiger partial charge is 0.0727 e. The molecule has 0 aliphatic carbocycles. The van der Waals surface area contributed by atoms with Crippen LogP contribution in [0.1, 0.15) is 0 Å². The topological polar surface area (TPSA) is 51.6 Å². The second kappa shape index (κ2) is 29.0. The third-order valence-corrected chi connectivity index (χ3v) is 18.9. The normalized spacial score (nSPS) is 11.0. The molecule has 16 aromatic rings. The third-order valence-electron chi connectivity index (χ3n) is 17.5. The van der Waals surface area contributed by atoms with Gasteiger partial charge in [-0.3, -0.25) is 0 Å². The van der Waals surface area contributed by atoms with Crippen LogP contribution in [-0.4, -0.2) is 19.9 Å². The maximum Gasteiger partial charge on any atom is 0.0727 e. The van der Waals surface area contributed by atoms with Crippen LogP contribution in [0.3, 0.4) is 0 Å². The molecule has 0 aliphatic heterocycles. The van der Waals surface area contributed by atoms with E-state index in [1.807, 2.05) is 48.5 Å². The standard InChI is InChI=1S/C52H36N2.C40H26Br2N2/c1-5-18-37(19-6-1)45-28-13-15-30-47(45)51-35-43(33-49(53-51)39-22-9-3-10-23-39)41-26-17-27-42(32-41)44-34-50(40-24-11-4-12-25-40)54-52(36-44)48-31-16-14-29-46(48)38-20-7-2-8-21-38;41-35-20-9-7-18-33(35)39-25-31(23-37(43-39)27-12-3-1-4-13-27)29-16-11-17-30(22-29)32-24-38(28-14-5-2-6-15-28)44-40(26-32)34-19-8-10-21-36(34)42/h1-36H;1-26H. The predicted molar refractivity (Wildman–Crippen MR) is 416 cm³/mol. The minimum absolute atomic E-state index is 0.922. The Morgan fingerprint density at radius 3 is 0.592 bits per heavy atom. The lowest BCUT2D eigenvalue weighted by Crippen LogP contribution is -1.94. The molecule has 12 aromatic carbocycles. The summed E-state index contributed by atoms with van der Waals surface area (Å²) in [6, 6.07) is 132. The first-order valence-electron chi connectivity index (χ1n) is 32.7. The highest BCUT2D eigenvalue weighted by molar-refractivity contribution is 9.11. The number of benzene rings is 12. The molecule has 16 rings (SSSR count). The van der Waals surface area contributed by atoms with Crippen LogP contribution in [0.2, 0.25) is 0 Å². The molecular weight excluding hydrogens is 1320 g/mol. The van der Waals surface area contributed by atoms with Gasteiger partial charge >= 0.3 is 0 Å². The fraction of sp³-hybridized carbons (Fsp3) is 0. The largest absolute Gasteiger partial charge is 0.248 e. The van der Waals surface area contributed by atoms with Crippen molar-refractivity contribution in [2.75, 3.05) is 0 Å². The molecule has 6 heteroatoms. The van der Waals surface area contributed by atoms with Crippen molar-refractivity contribution in [3.05, 3.63) is 385 Å². The molecule has 0 bridgehead atoms. The SMILES string of the molecule is Brc1ccccc1-c1cc(-c2cccc(-c3cc(-c4ccccc4)nc(-c4ccccc4Br)c3)c2)cc(-c2ccccc2)n1.c1ccc(-c2cc(-c3cccc(-c4cc(-c5ccccc5)nc(-c5ccccc5-c5ccccc5)c4)c3)cc(-c3ccccc3-c3ccccc3)n2)cc1. The minimum atomic E-state index is 0.922. The fourth-order valence-electron chi connectivity index (χ4n) is 12.6. The van der Waals surface area contributed by atoms with Gasteiger partial charge in [0, 0.05) is 53.5 Å². The van der Waals surface area contributed by atoms with Crippen molar-refractivity contribution in [3.63, 3.8) is 0 Å². The van der Waals surface area contributed by atoms with Crippen LogP contribution in [-0.2, 0) is 0 Å². The van der Waals surface area contributed by atoms with Gasteiger partial charge in [-0.15, -0.1) is 0 Å². The Balaban J connectivity index is 0.000000163. The molecule has 0 N–H and O–H groups in total. The number of pyridine rings is 4. The molecule has 0 saturated heterocycles. The summed E-state index contributed by atoms with van der Waals surface area (Å²) >= 11 is 7.49. The van der Waals surface area contributed by atoms with Gasteiger partial charge in [0.15, 0.2) is 0 Å². The van der Waals surface area contributed by atoms with E-state index in [0.29, 0.717) is 0 Å². The van der Waals surface area contributed by atoms with E-state index in [4.69, 9.17) is 19.9 Å². The molecule has 0 atom stereocenters. The minimum Gasteiger partial charge on any atom is -0.248 e. The van der Waals surface area contributed by atoms with Crippen molar-refractivity contribution in [3.8, 4) is 157 Å². The molecule has 4 heterocycles. The van der Waals surface area contributed by atoms with Crippen LogP contribution >= 0.6 is 31.9 Å². The Morgan fingerprint density at radius 2 is 0.327 bits per heavy atom. The van der Waals surface area contributed by atoms with Crippen molar-refractivity contribution in [1.29, 1.82) is 0 Å². The zero-order chi connectivity index (χ0) is 66.0. The van der Waals surface area contributed by atoms with Crippen molar-refractivity contribution < 1.29 is 0 Å². The molecule has 0 saturated carbocycles. The predicted octanol–water partition coefficient (Wildman–Crippen LogP) is 25.8. The zero-order valence-corrected chi connectivity index (χ0v) is 56.5. The Kier molecular flexibility index (Phi) is 18.5. The van der Waals surface area contributed by atoms with Crippen molar-refractivity contribution in [2.45, 2.75) is 0 Å². The summed E-state index contributed by atoms with van der Waals surface area (Å²) in [5, 5.41) is 0. The van der Waals surface area contributed by atoms with E-state index in [2.05, 4.69) is 359 Å². The molecule has 0 radical (unpaired) electrons. The van der Waals surface area contributed by atoms with E-state index in [9.17, 15) is 0 Å². The first kappa shape index (κ1) is 62.3. The average molecular weight is 1380 g/mol. The Bertz CT molecular complexity index is 5120. The lowest BCUT2D eigenvalue weighted by atomic mass is 9.92. The molecule has 0 unspecified atom stereocenters. The number of hydrogen-bond donors (Lipinski definition) is 0. The molecule has 0 fully saturated rings. The number of halogens is 2. The molecular formula is C92H62Br2N4. The summed E-state index contributed by atoms with van der Waals surface area (Å²) in [7, 11) is 0. The Morgan fingerprint density at radius 1 is 0.133 bits per heavy atom. The van der Waals surface area contributed by atoms with Crippen LogP contribution in [0.25, 0.3) is 157 Å². The van der Waals surface area contributed by atoms with Crippen LogP contribution in [0.5, 0.6) is 0 Å². The average Bonchev–Trinajstić information content (AvgIpc) is 0.877. The van der Waals surface area contributed by atoms with Gasteiger partial charge in [0.2, 0.25) is 0 Å². The number of nitrogens with zero attached hydrogens (tertiary/aromatic N) is 4. The highest BCUT2D eigenvalue weighted by Gasteiger charge is 2.19. The summed E-state index contributed by atoms with van der Waals surface area (Å²) in [6.07, 6.45) is 0. The van der Waals surface area contributed by atoms with Crippen LogP contribution < -0.4 is 0 Å². The first-order chi connectivity index (χ1) is 48.4. The maximum atomic E-state index is 5.28. The Hall–Kier alpha value is -11.8. The molecule has 464 valence electrons. The van der Waals surface area contributed by atoms with Gasteiger partial charge in [-0.1, -0.05) is 335 Å². The van der Waals surface area contributed by atoms with Crippen molar-refractivity contribution in [1.82, 2.24) is 19.9 Å². The highest BCUT2D eigenvalue weighted by Crippen LogP contribution is 2.42. The van der Waals surface area contributed by atoms with Gasteiger partial charge in [0.25, 0.3) is 0 Å². The zero-order valence-electron chi connectivity index (χ0n) is 53.3. The van der Waals surface area contributed by atoms with Gasteiger partial charge in [-0.2, -0.15) is 0 Å². The lowest BCUT2D eigenvalue weighted by molar-refractivity contribution is 1.31. The van der Waals surface area contributed by atoms with E-state index in [1.54, 1.807) is 0 Å². The summed E-state index contributed by atoms with van der Waals surface area (Å²) in [6.45, 7) is 0. The number of aromatic nitrogens is 4. The van der Waals surface area contributed by atoms with E-state index < -0.39 is 0 Å². The van der Waals surface area contributed by atoms with Crippen LogP contribution in [0.15, 0.2) is 385 Å². The third kappa shape index (κ3) is 14.0. The number of hydrogen-bond acceptors (Lipinski definition) is 4. The summed E-state index contributed by atoms with van der Waals surface area (Å²) < 4.78 is 2.03.